The van der Waals surface area contributed by atoms with Gasteiger partial charge in [0.25, 0.3) is 0 Å². The van der Waals surface area contributed by atoms with Gasteiger partial charge in [0, 0.05) is 16.2 Å². The van der Waals surface area contributed by atoms with Crippen LogP contribution in [0.25, 0.3) is 11.3 Å². The van der Waals surface area contributed by atoms with Gasteiger partial charge in [-0.25, -0.2) is 4.98 Å². The number of nitrogens with one attached hydrogen (secondary N) is 1. The van der Waals surface area contributed by atoms with Crippen LogP contribution in [-0.4, -0.2) is 10.7 Å². The Morgan fingerprint density at radius 2 is 2.06 bits per heavy atom. The minimum atomic E-state index is 0.846. The van der Waals surface area contributed by atoms with Gasteiger partial charge in [-0.05, 0) is 20.3 Å². The van der Waals surface area contributed by atoms with E-state index >= 15 is 0 Å². The second-order valence-electron chi connectivity index (χ2n) is 4.10. The Morgan fingerprint density at radius 1 is 1.33 bits per heavy atom. The molecule has 18 heavy (non-hydrogen) atoms. The predicted octanol–water partition coefficient (Wildman–Crippen LogP) is 4.32. The van der Waals surface area contributed by atoms with Crippen LogP contribution in [0.1, 0.15) is 25.1 Å². The summed E-state index contributed by atoms with van der Waals surface area (Å²) in [6, 6.07) is 10.2. The maximum Gasteiger partial charge on any atom is 0.204 e. The lowest BCUT2D eigenvalue weighted by Crippen LogP contribution is -1.95. The van der Waals surface area contributed by atoms with Crippen LogP contribution in [0.3, 0.4) is 0 Å². The van der Waals surface area contributed by atoms with Crippen molar-refractivity contribution in [3.05, 3.63) is 35.2 Å². The quantitative estimate of drug-likeness (QED) is 0.656. The number of hydrogen-bond acceptors (Lipinski definition) is 4. The molecule has 0 radical (unpaired) electrons. The van der Waals surface area contributed by atoms with Gasteiger partial charge in [0.1, 0.15) is 0 Å². The average Bonchev–Trinajstić information content (AvgIpc) is 2.78. The molecule has 0 bridgehead atoms. The van der Waals surface area contributed by atoms with Crippen molar-refractivity contribution in [3.63, 3.8) is 0 Å². The molecule has 4 heteroatoms. The van der Waals surface area contributed by atoms with Gasteiger partial charge in [0.2, 0.25) is 5.13 Å². The van der Waals surface area contributed by atoms with E-state index in [0.29, 0.717) is 0 Å². The zero-order valence-electron chi connectivity index (χ0n) is 10.9. The van der Waals surface area contributed by atoms with Gasteiger partial charge < -0.3 is 0 Å². The van der Waals surface area contributed by atoms with Gasteiger partial charge in [0.05, 0.1) is 5.69 Å². The first-order chi connectivity index (χ1) is 8.70. The zero-order valence-corrected chi connectivity index (χ0v) is 11.7. The summed E-state index contributed by atoms with van der Waals surface area (Å²) in [7, 11) is 0. The lowest BCUT2D eigenvalue weighted by atomic mass is 10.1. The van der Waals surface area contributed by atoms with Gasteiger partial charge in [-0.3, -0.25) is 5.43 Å². The second-order valence-corrected chi connectivity index (χ2v) is 5.31. The fourth-order valence-electron chi connectivity index (χ4n) is 1.53. The van der Waals surface area contributed by atoms with Crippen molar-refractivity contribution in [2.45, 2.75) is 27.2 Å². The molecule has 0 aliphatic carbocycles. The average molecular weight is 259 g/mol. The van der Waals surface area contributed by atoms with Gasteiger partial charge in [-0.2, -0.15) is 5.10 Å². The van der Waals surface area contributed by atoms with Crippen molar-refractivity contribution in [3.8, 4) is 11.3 Å². The van der Waals surface area contributed by atoms with E-state index in [-0.39, 0.29) is 0 Å². The Balaban J connectivity index is 2.23. The van der Waals surface area contributed by atoms with Gasteiger partial charge in [-0.15, -0.1) is 11.3 Å². The zero-order chi connectivity index (χ0) is 13.0. The number of nitrogens with zero attached hydrogens (tertiary/aromatic N) is 2. The molecule has 0 fully saturated rings. The highest BCUT2D eigenvalue weighted by Crippen LogP contribution is 2.30. The highest BCUT2D eigenvalue weighted by Gasteiger charge is 2.08. The van der Waals surface area contributed by atoms with Crippen LogP contribution < -0.4 is 5.43 Å². The third-order valence-corrected chi connectivity index (χ3v) is 3.57. The summed E-state index contributed by atoms with van der Waals surface area (Å²) in [5.74, 6) is 0. The minimum absolute atomic E-state index is 0.846. The number of benzene rings is 1. The summed E-state index contributed by atoms with van der Waals surface area (Å²) >= 11 is 1.63. The van der Waals surface area contributed by atoms with E-state index in [1.165, 1.54) is 4.88 Å². The van der Waals surface area contributed by atoms with E-state index in [1.54, 1.807) is 11.3 Å². The summed E-state index contributed by atoms with van der Waals surface area (Å²) in [4.78, 5) is 5.79. The monoisotopic (exact) mass is 259 g/mol. The van der Waals surface area contributed by atoms with Crippen molar-refractivity contribution in [2.75, 3.05) is 5.43 Å². The summed E-state index contributed by atoms with van der Waals surface area (Å²) in [5.41, 5.74) is 6.28. The molecular weight excluding hydrogens is 242 g/mol. The molecule has 2 rings (SSSR count). The molecule has 1 N–H and O–H groups in total. The van der Waals surface area contributed by atoms with Crippen LogP contribution in [0.4, 0.5) is 5.13 Å². The molecule has 1 aromatic heterocycles. The van der Waals surface area contributed by atoms with Crippen LogP contribution in [0.5, 0.6) is 0 Å². The van der Waals surface area contributed by atoms with Crippen molar-refractivity contribution >= 4 is 22.2 Å². The Kier molecular flexibility index (Phi) is 4.10. The molecule has 0 unspecified atom stereocenters. The van der Waals surface area contributed by atoms with Gasteiger partial charge >= 0.3 is 0 Å². The first kappa shape index (κ1) is 12.8. The maximum absolute atomic E-state index is 4.59. The number of hydrazone groups is 1. The van der Waals surface area contributed by atoms with Crippen LogP contribution >= 0.6 is 11.3 Å². The van der Waals surface area contributed by atoms with Gasteiger partial charge in [0.15, 0.2) is 0 Å². The van der Waals surface area contributed by atoms with Crippen LogP contribution in [0.15, 0.2) is 35.4 Å². The molecule has 0 atom stereocenters. The summed E-state index contributed by atoms with van der Waals surface area (Å²) in [5, 5.41) is 5.12. The van der Waals surface area contributed by atoms with Crippen LogP contribution in [-0.2, 0) is 0 Å². The SMILES string of the molecule is CCC(C)=NNc1nc(-c2ccccc2)c(C)s1. The van der Waals surface area contributed by atoms with Crippen molar-refractivity contribution < 1.29 is 0 Å². The Hall–Kier alpha value is -1.68. The molecule has 94 valence electrons. The van der Waals surface area contributed by atoms with E-state index in [0.717, 1.165) is 28.5 Å². The van der Waals surface area contributed by atoms with E-state index < -0.39 is 0 Å². The molecule has 3 nitrogen and oxygen atoms in total. The summed E-state index contributed by atoms with van der Waals surface area (Å²) in [6.45, 7) is 6.18. The van der Waals surface area contributed by atoms with E-state index in [1.807, 2.05) is 25.1 Å². The fourth-order valence-corrected chi connectivity index (χ4v) is 2.31. The smallest absolute Gasteiger partial charge is 0.204 e. The first-order valence-electron chi connectivity index (χ1n) is 6.02. The van der Waals surface area contributed by atoms with Gasteiger partial charge in [-0.1, -0.05) is 37.3 Å². The minimum Gasteiger partial charge on any atom is -0.253 e. The Bertz CT molecular complexity index is 543. The van der Waals surface area contributed by atoms with E-state index in [2.05, 4.69) is 41.5 Å². The molecule has 0 aliphatic rings. The Labute approximate surface area is 112 Å². The third-order valence-electron chi connectivity index (χ3n) is 2.70. The summed E-state index contributed by atoms with van der Waals surface area (Å²) < 4.78 is 0. The number of rotatable bonds is 4. The molecule has 0 saturated carbocycles. The molecule has 0 aliphatic heterocycles. The number of thiazole rings is 1. The standard InChI is InChI=1S/C14H17N3S/c1-4-10(2)16-17-14-15-13(11(3)18-14)12-8-6-5-7-9-12/h5-9H,4H2,1-3H3,(H,15,17). The lowest BCUT2D eigenvalue weighted by Gasteiger charge is -1.97. The fraction of sp³-hybridized carbons (Fsp3) is 0.286. The number of aromatic nitrogens is 1. The lowest BCUT2D eigenvalue weighted by molar-refractivity contribution is 1.20. The molecule has 0 amide bonds. The largest absolute Gasteiger partial charge is 0.253 e. The van der Waals surface area contributed by atoms with Crippen molar-refractivity contribution in [1.29, 1.82) is 0 Å². The normalized spacial score (nSPS) is 11.6. The second kappa shape index (κ2) is 5.78. The number of aryl methyl sites for hydroxylation is 1. The van der Waals surface area contributed by atoms with E-state index in [4.69, 9.17) is 0 Å². The topological polar surface area (TPSA) is 37.3 Å². The summed E-state index contributed by atoms with van der Waals surface area (Å²) in [6.07, 6.45) is 0.947. The highest BCUT2D eigenvalue weighted by atomic mass is 32.1. The highest BCUT2D eigenvalue weighted by molar-refractivity contribution is 7.15. The first-order valence-corrected chi connectivity index (χ1v) is 6.84. The molecule has 0 spiro atoms. The Morgan fingerprint density at radius 3 is 2.72 bits per heavy atom. The third kappa shape index (κ3) is 2.96. The van der Waals surface area contributed by atoms with Crippen molar-refractivity contribution in [2.24, 2.45) is 5.10 Å². The molecule has 1 aromatic carbocycles. The molecule has 2 aromatic rings. The van der Waals surface area contributed by atoms with Crippen LogP contribution in [0.2, 0.25) is 0 Å². The molecule has 0 saturated heterocycles. The maximum atomic E-state index is 4.59. The molecule has 1 heterocycles. The predicted molar refractivity (Wildman–Crippen MR) is 79.3 cm³/mol. The van der Waals surface area contributed by atoms with Crippen LogP contribution in [0, 0.1) is 6.92 Å². The molecular formula is C14H17N3S. The van der Waals surface area contributed by atoms with Crippen molar-refractivity contribution in [1.82, 2.24) is 4.98 Å². The number of anilines is 1. The van der Waals surface area contributed by atoms with E-state index in [9.17, 15) is 0 Å². The number of hydrogen-bond donors (Lipinski definition) is 1.